The van der Waals surface area contributed by atoms with Gasteiger partial charge in [0.15, 0.2) is 0 Å². The molecule has 1 aromatic rings. The molecule has 3 N–H and O–H groups in total. The van der Waals surface area contributed by atoms with Crippen molar-refractivity contribution in [3.63, 3.8) is 0 Å². The average molecular weight is 238 g/mol. The van der Waals surface area contributed by atoms with Crippen molar-refractivity contribution in [1.29, 1.82) is 5.26 Å². The van der Waals surface area contributed by atoms with Crippen LogP contribution in [0.2, 0.25) is 5.02 Å². The smallest absolute Gasteiger partial charge is 0.239 e. The van der Waals surface area contributed by atoms with Crippen molar-refractivity contribution in [1.82, 2.24) is 0 Å². The SMILES string of the molecule is CCC(Nc1cc(C#N)ccc1Cl)C(N)=O. The van der Waals surface area contributed by atoms with Crippen LogP contribution in [0.5, 0.6) is 0 Å². The minimum atomic E-state index is -0.480. The number of benzene rings is 1. The van der Waals surface area contributed by atoms with E-state index in [0.29, 0.717) is 22.7 Å². The van der Waals surface area contributed by atoms with Crippen molar-refractivity contribution < 1.29 is 4.79 Å². The van der Waals surface area contributed by atoms with E-state index in [9.17, 15) is 4.79 Å². The van der Waals surface area contributed by atoms with Crippen LogP contribution in [0.3, 0.4) is 0 Å². The number of amides is 1. The summed E-state index contributed by atoms with van der Waals surface area (Å²) in [6.07, 6.45) is 0.558. The molecule has 0 aromatic heterocycles. The molecule has 84 valence electrons. The summed E-state index contributed by atoms with van der Waals surface area (Å²) in [6.45, 7) is 1.84. The van der Waals surface area contributed by atoms with Gasteiger partial charge in [-0.05, 0) is 24.6 Å². The summed E-state index contributed by atoms with van der Waals surface area (Å²) in [6, 6.07) is 6.33. The molecule has 0 saturated heterocycles. The first-order valence-electron chi connectivity index (χ1n) is 4.84. The Hall–Kier alpha value is -1.73. The third kappa shape index (κ3) is 2.88. The molecule has 0 aliphatic heterocycles. The highest BCUT2D eigenvalue weighted by atomic mass is 35.5. The van der Waals surface area contributed by atoms with E-state index < -0.39 is 11.9 Å². The molecule has 0 saturated carbocycles. The summed E-state index contributed by atoms with van der Waals surface area (Å²) in [7, 11) is 0. The number of carbonyl (C=O) groups is 1. The molecule has 0 aliphatic rings. The van der Waals surface area contributed by atoms with Gasteiger partial charge in [0.05, 0.1) is 22.3 Å². The molecule has 0 spiro atoms. The first kappa shape index (κ1) is 12.3. The van der Waals surface area contributed by atoms with Crippen LogP contribution in [0.1, 0.15) is 18.9 Å². The molecule has 4 nitrogen and oxygen atoms in total. The van der Waals surface area contributed by atoms with Crippen LogP contribution in [0, 0.1) is 11.3 Å². The topological polar surface area (TPSA) is 78.9 Å². The van der Waals surface area contributed by atoms with E-state index >= 15 is 0 Å². The zero-order valence-corrected chi connectivity index (χ0v) is 9.58. The number of hydrogen-bond acceptors (Lipinski definition) is 3. The Labute approximate surface area is 99.0 Å². The first-order valence-corrected chi connectivity index (χ1v) is 5.21. The summed E-state index contributed by atoms with van der Waals surface area (Å²) in [5, 5.41) is 12.1. The molecule has 1 aromatic carbocycles. The molecule has 5 heteroatoms. The summed E-state index contributed by atoms with van der Waals surface area (Å²) >= 11 is 5.93. The van der Waals surface area contributed by atoms with Gasteiger partial charge in [-0.15, -0.1) is 0 Å². The molecule has 16 heavy (non-hydrogen) atoms. The molecule has 1 atom stereocenters. The van der Waals surface area contributed by atoms with Crippen molar-refractivity contribution >= 4 is 23.2 Å². The highest BCUT2D eigenvalue weighted by Gasteiger charge is 2.13. The third-order valence-electron chi connectivity index (χ3n) is 2.18. The molecule has 0 heterocycles. The fraction of sp³-hybridized carbons (Fsp3) is 0.273. The maximum absolute atomic E-state index is 11.1. The highest BCUT2D eigenvalue weighted by Crippen LogP contribution is 2.23. The Kier molecular flexibility index (Phi) is 4.15. The number of nitriles is 1. The van der Waals surface area contributed by atoms with E-state index in [2.05, 4.69) is 5.32 Å². The van der Waals surface area contributed by atoms with Gasteiger partial charge >= 0.3 is 0 Å². The quantitative estimate of drug-likeness (QED) is 0.839. The number of hydrogen-bond donors (Lipinski definition) is 2. The number of primary amides is 1. The Morgan fingerprint density at radius 3 is 2.88 bits per heavy atom. The van der Waals surface area contributed by atoms with Gasteiger partial charge in [0.2, 0.25) is 5.91 Å². The Bertz CT molecular complexity index is 439. The van der Waals surface area contributed by atoms with Crippen LogP contribution in [-0.2, 0) is 4.79 Å². The van der Waals surface area contributed by atoms with Gasteiger partial charge in [-0.3, -0.25) is 4.79 Å². The van der Waals surface area contributed by atoms with Gasteiger partial charge < -0.3 is 11.1 Å². The normalized spacial score (nSPS) is 11.6. The predicted octanol–water partition coefficient (Wildman–Crippen LogP) is 1.89. The molecule has 1 amide bonds. The van der Waals surface area contributed by atoms with Crippen molar-refractivity contribution in [3.8, 4) is 6.07 Å². The van der Waals surface area contributed by atoms with Crippen molar-refractivity contribution in [2.75, 3.05) is 5.32 Å². The van der Waals surface area contributed by atoms with E-state index in [-0.39, 0.29) is 0 Å². The van der Waals surface area contributed by atoms with Crippen LogP contribution in [0.4, 0.5) is 5.69 Å². The van der Waals surface area contributed by atoms with Gasteiger partial charge in [0, 0.05) is 0 Å². The lowest BCUT2D eigenvalue weighted by atomic mass is 10.1. The minimum Gasteiger partial charge on any atom is -0.372 e. The van der Waals surface area contributed by atoms with E-state index in [1.54, 1.807) is 18.2 Å². The van der Waals surface area contributed by atoms with Crippen molar-refractivity contribution in [2.45, 2.75) is 19.4 Å². The van der Waals surface area contributed by atoms with Crippen molar-refractivity contribution in [2.24, 2.45) is 5.73 Å². The molecule has 0 radical (unpaired) electrons. The lowest BCUT2D eigenvalue weighted by Crippen LogP contribution is -2.34. The average Bonchev–Trinajstić information content (AvgIpc) is 2.27. The third-order valence-corrected chi connectivity index (χ3v) is 2.51. The summed E-state index contributed by atoms with van der Waals surface area (Å²) in [5.74, 6) is -0.444. The Morgan fingerprint density at radius 2 is 2.38 bits per heavy atom. The fourth-order valence-corrected chi connectivity index (χ4v) is 1.44. The van der Waals surface area contributed by atoms with Gasteiger partial charge in [0.25, 0.3) is 0 Å². The van der Waals surface area contributed by atoms with Crippen LogP contribution in [-0.4, -0.2) is 11.9 Å². The van der Waals surface area contributed by atoms with Gasteiger partial charge in [-0.25, -0.2) is 0 Å². The Balaban J connectivity index is 2.96. The maximum atomic E-state index is 11.1. The van der Waals surface area contributed by atoms with E-state index in [1.165, 1.54) is 0 Å². The molecule has 0 fully saturated rings. The lowest BCUT2D eigenvalue weighted by molar-refractivity contribution is -0.118. The van der Waals surface area contributed by atoms with Crippen LogP contribution < -0.4 is 11.1 Å². The van der Waals surface area contributed by atoms with Crippen molar-refractivity contribution in [3.05, 3.63) is 28.8 Å². The lowest BCUT2D eigenvalue weighted by Gasteiger charge is -2.15. The predicted molar refractivity (Wildman–Crippen MR) is 63.1 cm³/mol. The standard InChI is InChI=1S/C11H12ClN3O/c1-2-9(11(14)16)15-10-5-7(6-13)3-4-8(10)12/h3-5,9,15H,2H2,1H3,(H2,14,16). The first-order chi connectivity index (χ1) is 7.58. The molecule has 1 rings (SSSR count). The molecule has 0 bridgehead atoms. The monoisotopic (exact) mass is 237 g/mol. The van der Waals surface area contributed by atoms with Crippen LogP contribution >= 0.6 is 11.6 Å². The maximum Gasteiger partial charge on any atom is 0.239 e. The number of rotatable bonds is 4. The number of nitrogens with zero attached hydrogens (tertiary/aromatic N) is 1. The summed E-state index contributed by atoms with van der Waals surface area (Å²) < 4.78 is 0. The number of nitrogens with one attached hydrogen (secondary N) is 1. The number of carbonyl (C=O) groups excluding carboxylic acids is 1. The van der Waals surface area contributed by atoms with Crippen LogP contribution in [0.25, 0.3) is 0 Å². The zero-order chi connectivity index (χ0) is 12.1. The van der Waals surface area contributed by atoms with E-state index in [1.807, 2.05) is 13.0 Å². The molecule has 0 aliphatic carbocycles. The Morgan fingerprint density at radius 1 is 1.69 bits per heavy atom. The minimum absolute atomic E-state index is 0.444. The zero-order valence-electron chi connectivity index (χ0n) is 8.83. The second-order valence-corrected chi connectivity index (χ2v) is 3.72. The summed E-state index contributed by atoms with van der Waals surface area (Å²) in [4.78, 5) is 11.1. The van der Waals surface area contributed by atoms with E-state index in [0.717, 1.165) is 0 Å². The fourth-order valence-electron chi connectivity index (χ4n) is 1.27. The number of nitrogens with two attached hydrogens (primary N) is 1. The van der Waals surface area contributed by atoms with Crippen LogP contribution in [0.15, 0.2) is 18.2 Å². The number of anilines is 1. The molecule has 1 unspecified atom stereocenters. The largest absolute Gasteiger partial charge is 0.372 e. The summed E-state index contributed by atoms with van der Waals surface area (Å²) in [5.41, 5.74) is 6.23. The van der Waals surface area contributed by atoms with Gasteiger partial charge in [0.1, 0.15) is 6.04 Å². The van der Waals surface area contributed by atoms with E-state index in [4.69, 9.17) is 22.6 Å². The second kappa shape index (κ2) is 5.38. The second-order valence-electron chi connectivity index (χ2n) is 3.31. The molecular weight excluding hydrogens is 226 g/mol. The van der Waals surface area contributed by atoms with Gasteiger partial charge in [-0.2, -0.15) is 5.26 Å². The molecular formula is C11H12ClN3O. The number of halogens is 1. The van der Waals surface area contributed by atoms with Gasteiger partial charge in [-0.1, -0.05) is 18.5 Å². The highest BCUT2D eigenvalue weighted by molar-refractivity contribution is 6.33.